The van der Waals surface area contributed by atoms with Gasteiger partial charge >= 0.3 is 0 Å². The third kappa shape index (κ3) is 3.73. The van der Waals surface area contributed by atoms with Gasteiger partial charge in [0, 0.05) is 43.7 Å². The molecule has 3 heterocycles. The first-order valence-corrected chi connectivity index (χ1v) is 15.0. The van der Waals surface area contributed by atoms with Gasteiger partial charge < -0.3 is 0 Å². The summed E-state index contributed by atoms with van der Waals surface area (Å²) >= 11 is 1.88. The van der Waals surface area contributed by atoms with E-state index in [1.807, 2.05) is 23.7 Å². The van der Waals surface area contributed by atoms with Crippen LogP contribution in [0.2, 0.25) is 0 Å². The van der Waals surface area contributed by atoms with Crippen molar-refractivity contribution in [1.82, 2.24) is 9.55 Å². The van der Waals surface area contributed by atoms with Gasteiger partial charge in [-0.2, -0.15) is 4.57 Å². The molecule has 200 valence electrons. The maximum atomic E-state index is 4.44. The Labute approximate surface area is 248 Å². The van der Waals surface area contributed by atoms with Gasteiger partial charge in [-0.05, 0) is 53.9 Å². The molecule has 3 aromatic heterocycles. The molecule has 3 nitrogen and oxygen atoms in total. The number of rotatable bonds is 4. The van der Waals surface area contributed by atoms with Crippen molar-refractivity contribution in [1.29, 1.82) is 0 Å². The molecule has 0 saturated heterocycles. The molecule has 0 radical (unpaired) electrons. The summed E-state index contributed by atoms with van der Waals surface area (Å²) in [6.07, 6.45) is 3.86. The Balaban J connectivity index is 1.65. The third-order valence-corrected chi connectivity index (χ3v) is 9.49. The Morgan fingerprint density at radius 3 is 2.17 bits per heavy atom. The molecule has 8 aromatic rings. The number of imidazole rings is 1. The number of thiophene rings is 1. The zero-order chi connectivity index (χ0) is 28.2. The summed E-state index contributed by atoms with van der Waals surface area (Å²) in [5.74, 6) is 1.13. The van der Waals surface area contributed by atoms with Crippen molar-refractivity contribution < 1.29 is 4.57 Å². The van der Waals surface area contributed by atoms with Gasteiger partial charge in [-0.25, -0.2) is 4.57 Å². The standard InChI is InChI=1S/C38H28N3S/c1-25-24-39-22-21-28(25)38-40(2)32-18-10-11-19-33(32)41(38)36-30(26-13-5-3-6-14-26)23-31-29-17-9-12-20-34(29)42-37(31)35(36)27-15-7-4-8-16-27/h3-24H,1-2H3/q+1. The molecular formula is C38H28N3S+. The Hall–Kier alpha value is -5.06. The van der Waals surface area contributed by atoms with Gasteiger partial charge in [0.25, 0.3) is 5.82 Å². The fourth-order valence-corrected chi connectivity index (χ4v) is 7.61. The minimum atomic E-state index is 1.13. The van der Waals surface area contributed by atoms with Crippen molar-refractivity contribution in [3.8, 4) is 39.3 Å². The second kappa shape index (κ2) is 9.79. The van der Waals surface area contributed by atoms with Crippen LogP contribution >= 0.6 is 11.3 Å². The molecule has 42 heavy (non-hydrogen) atoms. The largest absolute Gasteiger partial charge is 0.295 e. The van der Waals surface area contributed by atoms with E-state index in [4.69, 9.17) is 0 Å². The highest BCUT2D eigenvalue weighted by Crippen LogP contribution is 2.48. The van der Waals surface area contributed by atoms with Crippen LogP contribution in [0.3, 0.4) is 0 Å². The molecule has 8 rings (SSSR count). The van der Waals surface area contributed by atoms with E-state index in [-0.39, 0.29) is 0 Å². The van der Waals surface area contributed by atoms with Crippen LogP contribution in [0.15, 0.2) is 134 Å². The molecule has 4 heteroatoms. The van der Waals surface area contributed by atoms with Crippen molar-refractivity contribution in [2.24, 2.45) is 7.05 Å². The molecule has 0 aliphatic heterocycles. The number of aromatic nitrogens is 3. The average Bonchev–Trinajstić information content (AvgIpc) is 3.56. The number of fused-ring (bicyclic) bond motifs is 4. The first-order chi connectivity index (χ1) is 20.7. The lowest BCUT2D eigenvalue weighted by Crippen LogP contribution is -2.30. The Bertz CT molecular complexity index is 2260. The molecule has 0 amide bonds. The number of aryl methyl sites for hydroxylation is 2. The van der Waals surface area contributed by atoms with Crippen LogP contribution in [0.4, 0.5) is 0 Å². The third-order valence-electron chi connectivity index (χ3n) is 8.29. The second-order valence-electron chi connectivity index (χ2n) is 10.8. The van der Waals surface area contributed by atoms with E-state index in [1.54, 1.807) is 0 Å². The fourth-order valence-electron chi connectivity index (χ4n) is 6.36. The topological polar surface area (TPSA) is 21.7 Å². The lowest BCUT2D eigenvalue weighted by atomic mass is 9.92. The van der Waals surface area contributed by atoms with E-state index >= 15 is 0 Å². The highest BCUT2D eigenvalue weighted by molar-refractivity contribution is 7.26. The molecule has 0 fully saturated rings. The first kappa shape index (κ1) is 24.7. The molecule has 0 saturated carbocycles. The minimum Gasteiger partial charge on any atom is -0.264 e. The number of hydrogen-bond acceptors (Lipinski definition) is 2. The molecular weight excluding hydrogens is 531 g/mol. The lowest BCUT2D eigenvalue weighted by molar-refractivity contribution is -0.633. The summed E-state index contributed by atoms with van der Waals surface area (Å²) < 4.78 is 7.42. The molecule has 0 atom stereocenters. The molecule has 0 unspecified atom stereocenters. The average molecular weight is 559 g/mol. The van der Waals surface area contributed by atoms with Crippen LogP contribution in [0.1, 0.15) is 5.56 Å². The molecule has 0 bridgehead atoms. The molecule has 5 aromatic carbocycles. The smallest absolute Gasteiger partial charge is 0.264 e. The molecule has 0 aliphatic carbocycles. The number of pyridine rings is 1. The number of nitrogens with zero attached hydrogens (tertiary/aromatic N) is 3. The summed E-state index contributed by atoms with van der Waals surface area (Å²) in [5, 5.41) is 2.59. The van der Waals surface area contributed by atoms with E-state index in [2.05, 4.69) is 149 Å². The van der Waals surface area contributed by atoms with Crippen molar-refractivity contribution in [2.75, 3.05) is 0 Å². The summed E-state index contributed by atoms with van der Waals surface area (Å²) in [7, 11) is 2.18. The van der Waals surface area contributed by atoms with Crippen LogP contribution < -0.4 is 4.57 Å². The summed E-state index contributed by atoms with van der Waals surface area (Å²) in [4.78, 5) is 4.44. The second-order valence-corrected chi connectivity index (χ2v) is 11.8. The fraction of sp³-hybridized carbons (Fsp3) is 0.0526. The summed E-state index contributed by atoms with van der Waals surface area (Å²) in [6.45, 7) is 2.15. The van der Waals surface area contributed by atoms with Crippen LogP contribution in [-0.2, 0) is 7.05 Å². The highest BCUT2D eigenvalue weighted by Gasteiger charge is 2.32. The zero-order valence-corrected chi connectivity index (χ0v) is 24.3. The molecule has 0 spiro atoms. The normalized spacial score (nSPS) is 11.6. The van der Waals surface area contributed by atoms with Crippen LogP contribution in [-0.4, -0.2) is 9.55 Å². The van der Waals surface area contributed by atoms with Gasteiger partial charge in [-0.1, -0.05) is 91.0 Å². The van der Waals surface area contributed by atoms with Crippen LogP contribution in [0, 0.1) is 6.92 Å². The lowest BCUT2D eigenvalue weighted by Gasteiger charge is -2.17. The highest BCUT2D eigenvalue weighted by atomic mass is 32.1. The Kier molecular flexibility index (Phi) is 5.76. The van der Waals surface area contributed by atoms with E-state index in [9.17, 15) is 0 Å². The minimum absolute atomic E-state index is 1.13. The predicted octanol–water partition coefficient (Wildman–Crippen LogP) is 9.53. The monoisotopic (exact) mass is 558 g/mol. The maximum absolute atomic E-state index is 4.44. The van der Waals surface area contributed by atoms with E-state index < -0.39 is 0 Å². The van der Waals surface area contributed by atoms with Crippen molar-refractivity contribution in [3.63, 3.8) is 0 Å². The van der Waals surface area contributed by atoms with E-state index in [0.29, 0.717) is 0 Å². The zero-order valence-electron chi connectivity index (χ0n) is 23.5. The van der Waals surface area contributed by atoms with Gasteiger partial charge in [0.15, 0.2) is 16.7 Å². The van der Waals surface area contributed by atoms with Crippen molar-refractivity contribution in [3.05, 3.63) is 139 Å². The van der Waals surface area contributed by atoms with Crippen LogP contribution in [0.25, 0.3) is 70.5 Å². The van der Waals surface area contributed by atoms with E-state index in [1.165, 1.54) is 59.1 Å². The predicted molar refractivity (Wildman–Crippen MR) is 176 cm³/mol. The molecule has 0 aliphatic rings. The number of benzene rings is 5. The van der Waals surface area contributed by atoms with Gasteiger partial charge in [-0.3, -0.25) is 4.98 Å². The van der Waals surface area contributed by atoms with Crippen molar-refractivity contribution in [2.45, 2.75) is 6.92 Å². The summed E-state index contributed by atoms with van der Waals surface area (Å²) in [6, 6.07) is 43.8. The van der Waals surface area contributed by atoms with Crippen molar-refractivity contribution >= 4 is 42.5 Å². The molecule has 0 N–H and O–H groups in total. The van der Waals surface area contributed by atoms with Gasteiger partial charge in [-0.15, -0.1) is 11.3 Å². The van der Waals surface area contributed by atoms with Crippen LogP contribution in [0.5, 0.6) is 0 Å². The number of hydrogen-bond donors (Lipinski definition) is 0. The van der Waals surface area contributed by atoms with E-state index in [0.717, 1.165) is 17.0 Å². The Morgan fingerprint density at radius 1 is 0.690 bits per heavy atom. The quantitative estimate of drug-likeness (QED) is 0.197. The number of para-hydroxylation sites is 2. The Morgan fingerprint density at radius 2 is 1.38 bits per heavy atom. The SMILES string of the molecule is Cc1cnccc1-c1n(-c2c(-c3ccccc3)cc3c(sc4ccccc43)c2-c2ccccc2)c2ccccc2[n+]1C. The first-order valence-electron chi connectivity index (χ1n) is 14.2. The maximum Gasteiger partial charge on any atom is 0.295 e. The van der Waals surface area contributed by atoms with Gasteiger partial charge in [0.2, 0.25) is 0 Å². The van der Waals surface area contributed by atoms with Gasteiger partial charge in [0.05, 0.1) is 12.6 Å². The summed E-state index contributed by atoms with van der Waals surface area (Å²) in [5.41, 5.74) is 10.7. The van der Waals surface area contributed by atoms with Gasteiger partial charge in [0.1, 0.15) is 0 Å².